The molecule has 1 aliphatic rings. The Morgan fingerprint density at radius 3 is 2.49 bits per heavy atom. The maximum atomic E-state index is 13.7. The van der Waals surface area contributed by atoms with Crippen LogP contribution >= 0.6 is 11.6 Å². The van der Waals surface area contributed by atoms with Gasteiger partial charge in [-0.2, -0.15) is 4.31 Å². The van der Waals surface area contributed by atoms with Crippen molar-refractivity contribution in [2.75, 3.05) is 32.1 Å². The van der Waals surface area contributed by atoms with Gasteiger partial charge in [0.25, 0.3) is 5.91 Å². The molecule has 9 nitrogen and oxygen atoms in total. The van der Waals surface area contributed by atoms with Crippen LogP contribution in [0.4, 0.5) is 5.69 Å². The maximum Gasteiger partial charge on any atom is 0.258 e. The summed E-state index contributed by atoms with van der Waals surface area (Å²) in [7, 11) is -2.37. The molecule has 0 saturated carbocycles. The fourth-order valence-corrected chi connectivity index (χ4v) is 5.95. The van der Waals surface area contributed by atoms with Gasteiger partial charge in [-0.15, -0.1) is 0 Å². The molecule has 218 valence electrons. The van der Waals surface area contributed by atoms with Crippen molar-refractivity contribution in [3.8, 4) is 5.75 Å². The Hall–Kier alpha value is -3.44. The van der Waals surface area contributed by atoms with Crippen LogP contribution in [0.25, 0.3) is 0 Å². The molecule has 0 unspecified atom stereocenters. The molecule has 11 heteroatoms. The zero-order valence-electron chi connectivity index (χ0n) is 23.2. The number of anilines is 1. The number of rotatable bonds is 9. The number of halogens is 1. The van der Waals surface area contributed by atoms with Crippen molar-refractivity contribution in [3.63, 3.8) is 0 Å². The van der Waals surface area contributed by atoms with E-state index in [9.17, 15) is 23.1 Å². The average molecular weight is 600 g/mol. The van der Waals surface area contributed by atoms with Gasteiger partial charge in [-0.3, -0.25) is 9.59 Å². The van der Waals surface area contributed by atoms with E-state index in [4.69, 9.17) is 16.3 Å². The number of hydrogen-bond acceptors (Lipinski definition) is 6. The van der Waals surface area contributed by atoms with E-state index in [1.165, 1.54) is 35.6 Å². The van der Waals surface area contributed by atoms with E-state index in [1.807, 2.05) is 37.3 Å². The molecule has 0 aliphatic carbocycles. The third-order valence-electron chi connectivity index (χ3n) is 7.11. The van der Waals surface area contributed by atoms with Gasteiger partial charge in [-0.05, 0) is 55.0 Å². The molecular weight excluding hydrogens is 566 g/mol. The van der Waals surface area contributed by atoms with Crippen molar-refractivity contribution >= 4 is 39.1 Å². The number of nitrogens with one attached hydrogen (secondary N) is 1. The van der Waals surface area contributed by atoms with Gasteiger partial charge in [0.15, 0.2) is 0 Å². The Balaban J connectivity index is 1.61. The zero-order chi connectivity index (χ0) is 29.7. The second-order valence-corrected chi connectivity index (χ2v) is 12.8. The quantitative estimate of drug-likeness (QED) is 0.383. The molecule has 0 aromatic heterocycles. The summed E-state index contributed by atoms with van der Waals surface area (Å²) in [5.41, 5.74) is 1.49. The zero-order valence-corrected chi connectivity index (χ0v) is 24.7. The van der Waals surface area contributed by atoms with Gasteiger partial charge in [0, 0.05) is 30.2 Å². The predicted octanol–water partition coefficient (Wildman–Crippen LogP) is 4.06. The predicted molar refractivity (Wildman–Crippen MR) is 158 cm³/mol. The minimum Gasteiger partial charge on any atom is -0.488 e. The highest BCUT2D eigenvalue weighted by Gasteiger charge is 2.35. The van der Waals surface area contributed by atoms with Gasteiger partial charge < -0.3 is 20.1 Å². The fourth-order valence-electron chi connectivity index (χ4n) is 4.64. The number of carbonyl (C=O) groups is 2. The summed E-state index contributed by atoms with van der Waals surface area (Å²) >= 11 is 5.93. The summed E-state index contributed by atoms with van der Waals surface area (Å²) in [6.45, 7) is 3.60. The summed E-state index contributed by atoms with van der Waals surface area (Å²) in [6, 6.07) is 19.5. The summed E-state index contributed by atoms with van der Waals surface area (Å²) in [4.78, 5) is 28.0. The van der Waals surface area contributed by atoms with E-state index >= 15 is 0 Å². The SMILES string of the molecule is C[C@H](CO)N1C[C@H](C)[C@H](CN(C)S(=O)(=O)c2ccc(Cl)cc2)Oc2ccc(NC(=O)Cc3ccccc3)cc2C1=O. The highest BCUT2D eigenvalue weighted by Crippen LogP contribution is 2.31. The molecule has 4 rings (SSSR count). The number of carbonyl (C=O) groups excluding carboxylic acids is 2. The van der Waals surface area contributed by atoms with E-state index in [0.717, 1.165) is 5.56 Å². The second kappa shape index (κ2) is 13.0. The third-order valence-corrected chi connectivity index (χ3v) is 9.20. The molecule has 2 amide bonds. The molecular formula is C30H34ClN3O6S. The lowest BCUT2D eigenvalue weighted by Gasteiger charge is -2.38. The number of benzene rings is 3. The summed E-state index contributed by atoms with van der Waals surface area (Å²) in [6.07, 6.45) is -0.454. The summed E-state index contributed by atoms with van der Waals surface area (Å²) in [5.74, 6) is -0.612. The number of sulfonamides is 1. The molecule has 1 aliphatic heterocycles. The Bertz CT molecular complexity index is 1480. The first-order chi connectivity index (χ1) is 19.5. The van der Waals surface area contributed by atoms with Crippen LogP contribution in [0.1, 0.15) is 29.8 Å². The normalized spacial score (nSPS) is 18.2. The van der Waals surface area contributed by atoms with Crippen LogP contribution in [0, 0.1) is 5.92 Å². The minimum atomic E-state index is -3.84. The van der Waals surface area contributed by atoms with Crippen LogP contribution in [-0.2, 0) is 21.2 Å². The summed E-state index contributed by atoms with van der Waals surface area (Å²) < 4.78 is 34.1. The van der Waals surface area contributed by atoms with Crippen molar-refractivity contribution in [2.45, 2.75) is 37.3 Å². The van der Waals surface area contributed by atoms with Crippen LogP contribution in [0.3, 0.4) is 0 Å². The first-order valence-electron chi connectivity index (χ1n) is 13.3. The smallest absolute Gasteiger partial charge is 0.258 e. The largest absolute Gasteiger partial charge is 0.488 e. The molecule has 0 bridgehead atoms. The molecule has 0 radical (unpaired) electrons. The monoisotopic (exact) mass is 599 g/mol. The molecule has 2 N–H and O–H groups in total. The maximum absolute atomic E-state index is 13.7. The van der Waals surface area contributed by atoms with Crippen LogP contribution < -0.4 is 10.1 Å². The molecule has 3 aromatic carbocycles. The standard InChI is InChI=1S/C30H34ClN3O6S/c1-20-17-34(21(2)19-35)30(37)26-16-24(32-29(36)15-22-7-5-4-6-8-22)11-14-27(26)40-28(20)18-33(3)41(38,39)25-12-9-23(31)10-13-25/h4-14,16,20-21,28,35H,15,17-19H2,1-3H3,(H,32,36)/t20-,21+,28-/m0/s1. The number of nitrogens with zero attached hydrogens (tertiary/aromatic N) is 2. The fraction of sp³-hybridized carbons (Fsp3) is 0.333. The van der Waals surface area contributed by atoms with E-state index in [1.54, 1.807) is 30.0 Å². The molecule has 0 saturated heterocycles. The minimum absolute atomic E-state index is 0.0106. The van der Waals surface area contributed by atoms with Gasteiger partial charge in [-0.1, -0.05) is 48.9 Å². The van der Waals surface area contributed by atoms with Gasteiger partial charge in [0.1, 0.15) is 11.9 Å². The van der Waals surface area contributed by atoms with E-state index in [-0.39, 0.29) is 60.1 Å². The van der Waals surface area contributed by atoms with Gasteiger partial charge in [0.2, 0.25) is 15.9 Å². The highest BCUT2D eigenvalue weighted by molar-refractivity contribution is 7.89. The topological polar surface area (TPSA) is 116 Å². The molecule has 3 aromatic rings. The van der Waals surface area contributed by atoms with Crippen molar-refractivity contribution in [1.82, 2.24) is 9.21 Å². The van der Waals surface area contributed by atoms with Crippen molar-refractivity contribution in [1.29, 1.82) is 0 Å². The number of ether oxygens (including phenoxy) is 1. The lowest BCUT2D eigenvalue weighted by Crippen LogP contribution is -2.50. The second-order valence-electron chi connectivity index (χ2n) is 10.3. The number of aliphatic hydroxyl groups excluding tert-OH is 1. The molecule has 0 fully saturated rings. The van der Waals surface area contributed by atoms with Gasteiger partial charge in [-0.25, -0.2) is 8.42 Å². The Morgan fingerprint density at radius 2 is 1.83 bits per heavy atom. The van der Waals surface area contributed by atoms with Crippen molar-refractivity contribution in [3.05, 3.63) is 88.9 Å². The average Bonchev–Trinajstić information content (AvgIpc) is 2.95. The number of fused-ring (bicyclic) bond motifs is 1. The highest BCUT2D eigenvalue weighted by atomic mass is 35.5. The number of amides is 2. The molecule has 1 heterocycles. The number of likely N-dealkylation sites (N-methyl/N-ethyl adjacent to an activating group) is 1. The Morgan fingerprint density at radius 1 is 1.15 bits per heavy atom. The van der Waals surface area contributed by atoms with Crippen LogP contribution in [0.5, 0.6) is 5.75 Å². The Labute approximate surface area is 245 Å². The lowest BCUT2D eigenvalue weighted by atomic mass is 9.99. The van der Waals surface area contributed by atoms with Gasteiger partial charge in [0.05, 0.1) is 36.1 Å². The first kappa shape index (κ1) is 30.5. The van der Waals surface area contributed by atoms with Gasteiger partial charge >= 0.3 is 0 Å². The lowest BCUT2D eigenvalue weighted by molar-refractivity contribution is -0.115. The van der Waals surface area contributed by atoms with Crippen LogP contribution in [0.2, 0.25) is 5.02 Å². The molecule has 0 spiro atoms. The number of aliphatic hydroxyl groups is 1. The van der Waals surface area contributed by atoms with Crippen molar-refractivity contribution in [2.24, 2.45) is 5.92 Å². The molecule has 41 heavy (non-hydrogen) atoms. The molecule has 3 atom stereocenters. The summed E-state index contributed by atoms with van der Waals surface area (Å²) in [5, 5.41) is 13.2. The van der Waals surface area contributed by atoms with E-state index in [2.05, 4.69) is 5.32 Å². The van der Waals surface area contributed by atoms with E-state index in [0.29, 0.717) is 10.7 Å². The number of hydrogen-bond donors (Lipinski definition) is 2. The van der Waals surface area contributed by atoms with Crippen LogP contribution in [-0.4, -0.2) is 73.4 Å². The third kappa shape index (κ3) is 7.26. The van der Waals surface area contributed by atoms with Crippen LogP contribution in [0.15, 0.2) is 77.7 Å². The van der Waals surface area contributed by atoms with E-state index < -0.39 is 22.2 Å². The Kier molecular flexibility index (Phi) is 9.70. The first-order valence-corrected chi connectivity index (χ1v) is 15.1. The van der Waals surface area contributed by atoms with Crippen molar-refractivity contribution < 1.29 is 27.9 Å².